The molecule has 1 fully saturated rings. The number of aryl methyl sites for hydroxylation is 1. The summed E-state index contributed by atoms with van der Waals surface area (Å²) in [4.78, 5) is 0. The van der Waals surface area contributed by atoms with Crippen molar-refractivity contribution in [2.24, 2.45) is 0 Å². The number of hydrogen-bond acceptors (Lipinski definition) is 2. The van der Waals surface area contributed by atoms with Gasteiger partial charge in [-0.3, -0.25) is 4.72 Å². The zero-order chi connectivity index (χ0) is 11.8. The third-order valence-electron chi connectivity index (χ3n) is 2.66. The molecule has 1 aliphatic carbocycles. The third kappa shape index (κ3) is 2.58. The molecule has 1 saturated carbocycles. The third-order valence-corrected chi connectivity index (χ3v) is 5.01. The van der Waals surface area contributed by atoms with Crippen LogP contribution in [0.25, 0.3) is 0 Å². The van der Waals surface area contributed by atoms with Crippen LogP contribution >= 0.6 is 15.9 Å². The minimum atomic E-state index is -3.15. The van der Waals surface area contributed by atoms with Crippen molar-refractivity contribution < 1.29 is 8.42 Å². The van der Waals surface area contributed by atoms with E-state index in [1.165, 1.54) is 0 Å². The first-order valence-electron chi connectivity index (χ1n) is 5.33. The molecule has 88 valence electrons. The summed E-state index contributed by atoms with van der Waals surface area (Å²) in [5.41, 5.74) is 1.72. The molecule has 0 amide bonds. The molecule has 1 aromatic rings. The van der Waals surface area contributed by atoms with Crippen LogP contribution in [0.1, 0.15) is 25.3 Å². The van der Waals surface area contributed by atoms with Crippen molar-refractivity contribution >= 4 is 31.6 Å². The highest BCUT2D eigenvalue weighted by molar-refractivity contribution is 9.10. The van der Waals surface area contributed by atoms with Gasteiger partial charge in [0.2, 0.25) is 10.0 Å². The molecule has 2 rings (SSSR count). The average Bonchev–Trinajstić information content (AvgIpc) is 3.04. The summed E-state index contributed by atoms with van der Waals surface area (Å²) in [7, 11) is -3.15. The Bertz CT molecular complexity index is 495. The number of hydrogen-bond donors (Lipinski definition) is 1. The molecule has 0 radical (unpaired) electrons. The zero-order valence-corrected chi connectivity index (χ0v) is 11.4. The average molecular weight is 304 g/mol. The lowest BCUT2D eigenvalue weighted by molar-refractivity contribution is 0.600. The van der Waals surface area contributed by atoms with Gasteiger partial charge in [-0.25, -0.2) is 8.42 Å². The number of benzene rings is 1. The standard InChI is InChI=1S/C11H14BrNO2S/c1-2-8-7-9(12)3-6-11(8)13-16(14,15)10-4-5-10/h3,6-7,10,13H,2,4-5H2,1H3. The van der Waals surface area contributed by atoms with Crippen molar-refractivity contribution in [3.63, 3.8) is 0 Å². The van der Waals surface area contributed by atoms with Crippen molar-refractivity contribution in [1.82, 2.24) is 0 Å². The van der Waals surface area contributed by atoms with E-state index in [4.69, 9.17) is 0 Å². The van der Waals surface area contributed by atoms with E-state index in [0.29, 0.717) is 5.69 Å². The van der Waals surface area contributed by atoms with E-state index in [-0.39, 0.29) is 5.25 Å². The molecule has 1 aliphatic rings. The normalized spacial score (nSPS) is 16.1. The molecule has 0 atom stereocenters. The Hall–Kier alpha value is -0.550. The Balaban J connectivity index is 2.27. The van der Waals surface area contributed by atoms with Gasteiger partial charge in [0.05, 0.1) is 10.9 Å². The lowest BCUT2D eigenvalue weighted by atomic mass is 10.1. The van der Waals surface area contributed by atoms with Gasteiger partial charge in [0.15, 0.2) is 0 Å². The van der Waals surface area contributed by atoms with Gasteiger partial charge < -0.3 is 0 Å². The van der Waals surface area contributed by atoms with Crippen LogP contribution < -0.4 is 4.72 Å². The summed E-state index contributed by atoms with van der Waals surface area (Å²) in [5.74, 6) is 0. The van der Waals surface area contributed by atoms with Crippen molar-refractivity contribution in [1.29, 1.82) is 0 Å². The molecule has 0 saturated heterocycles. The first-order valence-corrected chi connectivity index (χ1v) is 7.67. The van der Waals surface area contributed by atoms with Crippen LogP contribution in [0.3, 0.4) is 0 Å². The lowest BCUT2D eigenvalue weighted by Gasteiger charge is -2.11. The quantitative estimate of drug-likeness (QED) is 0.929. The SMILES string of the molecule is CCc1cc(Br)ccc1NS(=O)(=O)C1CC1. The van der Waals surface area contributed by atoms with Gasteiger partial charge in [-0.05, 0) is 43.0 Å². The second kappa shape index (κ2) is 4.37. The molecule has 0 bridgehead atoms. The van der Waals surface area contributed by atoms with Gasteiger partial charge in [-0.2, -0.15) is 0 Å². The topological polar surface area (TPSA) is 46.2 Å². The van der Waals surface area contributed by atoms with Gasteiger partial charge in [0.1, 0.15) is 0 Å². The molecule has 0 heterocycles. The smallest absolute Gasteiger partial charge is 0.235 e. The van der Waals surface area contributed by atoms with E-state index in [9.17, 15) is 8.42 Å². The Kier molecular flexibility index (Phi) is 3.26. The highest BCUT2D eigenvalue weighted by Gasteiger charge is 2.35. The number of sulfonamides is 1. The van der Waals surface area contributed by atoms with E-state index in [0.717, 1.165) is 29.3 Å². The van der Waals surface area contributed by atoms with Crippen LogP contribution in [0.4, 0.5) is 5.69 Å². The number of halogens is 1. The van der Waals surface area contributed by atoms with Gasteiger partial charge in [0.25, 0.3) is 0 Å². The molecule has 1 N–H and O–H groups in total. The fourth-order valence-corrected chi connectivity index (χ4v) is 3.41. The van der Waals surface area contributed by atoms with Crippen LogP contribution in [0.5, 0.6) is 0 Å². The minimum Gasteiger partial charge on any atom is -0.283 e. The van der Waals surface area contributed by atoms with Crippen LogP contribution in [0.2, 0.25) is 0 Å². The predicted molar refractivity (Wildman–Crippen MR) is 69.1 cm³/mol. The summed E-state index contributed by atoms with van der Waals surface area (Å²) in [6.07, 6.45) is 2.38. The van der Waals surface area contributed by atoms with Crippen LogP contribution in [0.15, 0.2) is 22.7 Å². The Morgan fingerprint density at radius 2 is 2.12 bits per heavy atom. The number of rotatable bonds is 4. The first kappa shape index (κ1) is 11.9. The molecule has 16 heavy (non-hydrogen) atoms. The minimum absolute atomic E-state index is 0.180. The van der Waals surface area contributed by atoms with E-state index in [1.54, 1.807) is 0 Å². The Labute approximate surface area is 104 Å². The molecule has 0 aliphatic heterocycles. The Morgan fingerprint density at radius 3 is 2.69 bits per heavy atom. The van der Waals surface area contributed by atoms with Crippen molar-refractivity contribution in [3.8, 4) is 0 Å². The van der Waals surface area contributed by atoms with Gasteiger partial charge in [-0.15, -0.1) is 0 Å². The van der Waals surface area contributed by atoms with Crippen molar-refractivity contribution in [2.45, 2.75) is 31.4 Å². The van der Waals surface area contributed by atoms with Gasteiger partial charge in [0, 0.05) is 4.47 Å². The largest absolute Gasteiger partial charge is 0.283 e. The van der Waals surface area contributed by atoms with Gasteiger partial charge in [-0.1, -0.05) is 22.9 Å². The molecule has 5 heteroatoms. The van der Waals surface area contributed by atoms with Crippen molar-refractivity contribution in [2.75, 3.05) is 4.72 Å². The fourth-order valence-electron chi connectivity index (χ4n) is 1.57. The van der Waals surface area contributed by atoms with Gasteiger partial charge >= 0.3 is 0 Å². The lowest BCUT2D eigenvalue weighted by Crippen LogP contribution is -2.18. The molecular weight excluding hydrogens is 290 g/mol. The van der Waals surface area contributed by atoms with E-state index in [2.05, 4.69) is 20.7 Å². The summed E-state index contributed by atoms with van der Waals surface area (Å²) in [6.45, 7) is 2.01. The number of nitrogens with one attached hydrogen (secondary N) is 1. The maximum atomic E-state index is 11.8. The van der Waals surface area contributed by atoms with Crippen LogP contribution in [0, 0.1) is 0 Å². The monoisotopic (exact) mass is 303 g/mol. The molecule has 1 aromatic carbocycles. The first-order chi connectivity index (χ1) is 7.53. The fraction of sp³-hybridized carbons (Fsp3) is 0.455. The predicted octanol–water partition coefficient (Wildman–Crippen LogP) is 2.92. The second-order valence-electron chi connectivity index (χ2n) is 4.00. The van der Waals surface area contributed by atoms with Crippen molar-refractivity contribution in [3.05, 3.63) is 28.2 Å². The summed E-state index contributed by atoms with van der Waals surface area (Å²) < 4.78 is 27.2. The maximum Gasteiger partial charge on any atom is 0.235 e. The Morgan fingerprint density at radius 1 is 1.44 bits per heavy atom. The van der Waals surface area contributed by atoms with Crippen LogP contribution in [-0.4, -0.2) is 13.7 Å². The number of anilines is 1. The summed E-state index contributed by atoms with van der Waals surface area (Å²) in [6, 6.07) is 5.61. The molecule has 3 nitrogen and oxygen atoms in total. The highest BCUT2D eigenvalue weighted by Crippen LogP contribution is 2.31. The maximum absolute atomic E-state index is 11.8. The zero-order valence-electron chi connectivity index (χ0n) is 9.03. The highest BCUT2D eigenvalue weighted by atomic mass is 79.9. The second-order valence-corrected chi connectivity index (χ2v) is 6.88. The summed E-state index contributed by atoms with van der Waals surface area (Å²) in [5, 5.41) is -0.180. The molecule has 0 spiro atoms. The van der Waals surface area contributed by atoms with E-state index in [1.807, 2.05) is 25.1 Å². The molecular formula is C11H14BrNO2S. The molecule has 0 unspecified atom stereocenters. The van der Waals surface area contributed by atoms with E-state index < -0.39 is 10.0 Å². The van der Waals surface area contributed by atoms with E-state index >= 15 is 0 Å². The van der Waals surface area contributed by atoms with Crippen LogP contribution in [-0.2, 0) is 16.4 Å². The summed E-state index contributed by atoms with van der Waals surface area (Å²) >= 11 is 3.38. The molecule has 0 aromatic heterocycles.